The lowest BCUT2D eigenvalue weighted by atomic mass is 10.2. The van der Waals surface area contributed by atoms with Crippen LogP contribution >= 0.6 is 11.9 Å². The maximum atomic E-state index is 4.37. The molecular weight excluding hydrogens is 232 g/mol. The van der Waals surface area contributed by atoms with Gasteiger partial charge in [0.15, 0.2) is 0 Å². The van der Waals surface area contributed by atoms with Crippen LogP contribution in [0.3, 0.4) is 0 Å². The van der Waals surface area contributed by atoms with Crippen LogP contribution in [0.25, 0.3) is 0 Å². The minimum Gasteiger partial charge on any atom is -0.344 e. The van der Waals surface area contributed by atoms with Crippen LogP contribution in [-0.2, 0) is 6.54 Å². The average Bonchev–Trinajstić information content (AvgIpc) is 2.84. The van der Waals surface area contributed by atoms with Crippen LogP contribution in [0, 0.1) is 6.92 Å². The Bertz CT molecular complexity index is 485. The quantitative estimate of drug-likeness (QED) is 0.871. The second-order valence-corrected chi connectivity index (χ2v) is 5.07. The largest absolute Gasteiger partial charge is 0.344 e. The Hall–Kier alpha value is -1.46. The van der Waals surface area contributed by atoms with Gasteiger partial charge in [-0.25, -0.2) is 0 Å². The Labute approximate surface area is 105 Å². The number of aryl methyl sites for hydroxylation is 1. The lowest BCUT2D eigenvalue weighted by Crippen LogP contribution is -2.30. The Morgan fingerprint density at radius 2 is 2.24 bits per heavy atom. The molecule has 2 heterocycles. The molecular formula is C12H14N4S. The van der Waals surface area contributed by atoms with Crippen molar-refractivity contribution in [2.45, 2.75) is 19.0 Å². The van der Waals surface area contributed by atoms with Crippen LogP contribution in [0.4, 0.5) is 5.82 Å². The maximum absolute atomic E-state index is 4.37. The summed E-state index contributed by atoms with van der Waals surface area (Å²) in [4.78, 5) is 0. The number of rotatable bonds is 3. The SMILES string of the molecule is Cc1cc2n(n1)SC(NCc1ccccc1)N2. The summed E-state index contributed by atoms with van der Waals surface area (Å²) in [7, 11) is 0. The second kappa shape index (κ2) is 4.43. The smallest absolute Gasteiger partial charge is 0.148 e. The molecule has 0 saturated carbocycles. The predicted molar refractivity (Wildman–Crippen MR) is 70.6 cm³/mol. The minimum absolute atomic E-state index is 0.193. The van der Waals surface area contributed by atoms with Crippen molar-refractivity contribution in [3.63, 3.8) is 0 Å². The van der Waals surface area contributed by atoms with Gasteiger partial charge in [0, 0.05) is 24.6 Å². The number of fused-ring (bicyclic) bond motifs is 1. The van der Waals surface area contributed by atoms with Crippen molar-refractivity contribution in [2.75, 3.05) is 5.32 Å². The van der Waals surface area contributed by atoms with Crippen molar-refractivity contribution in [2.24, 2.45) is 0 Å². The molecule has 0 spiro atoms. The molecule has 0 radical (unpaired) electrons. The second-order valence-electron chi connectivity index (χ2n) is 4.04. The molecule has 1 aromatic carbocycles. The topological polar surface area (TPSA) is 41.9 Å². The molecule has 4 nitrogen and oxygen atoms in total. The van der Waals surface area contributed by atoms with Crippen molar-refractivity contribution in [3.8, 4) is 0 Å². The van der Waals surface area contributed by atoms with E-state index in [4.69, 9.17) is 0 Å². The molecule has 1 atom stereocenters. The first-order valence-corrected chi connectivity index (χ1v) is 6.42. The van der Waals surface area contributed by atoms with E-state index in [1.807, 2.05) is 17.1 Å². The fourth-order valence-corrected chi connectivity index (χ4v) is 2.74. The van der Waals surface area contributed by atoms with E-state index in [2.05, 4.69) is 46.1 Å². The van der Waals surface area contributed by atoms with Gasteiger partial charge in [-0.1, -0.05) is 30.3 Å². The molecule has 0 aliphatic carbocycles. The van der Waals surface area contributed by atoms with E-state index in [9.17, 15) is 0 Å². The normalized spacial score (nSPS) is 17.8. The lowest BCUT2D eigenvalue weighted by molar-refractivity contribution is 0.702. The van der Waals surface area contributed by atoms with E-state index < -0.39 is 0 Å². The summed E-state index contributed by atoms with van der Waals surface area (Å²) in [5.74, 6) is 1.07. The van der Waals surface area contributed by atoms with Crippen molar-refractivity contribution in [1.29, 1.82) is 0 Å². The van der Waals surface area contributed by atoms with Gasteiger partial charge < -0.3 is 5.32 Å². The molecule has 0 amide bonds. The molecule has 2 aromatic rings. The first kappa shape index (κ1) is 10.7. The summed E-state index contributed by atoms with van der Waals surface area (Å²) in [6.45, 7) is 2.86. The van der Waals surface area contributed by atoms with Gasteiger partial charge in [-0.2, -0.15) is 9.19 Å². The van der Waals surface area contributed by atoms with Crippen LogP contribution in [0.5, 0.6) is 0 Å². The van der Waals surface area contributed by atoms with Gasteiger partial charge in [-0.05, 0) is 12.5 Å². The highest BCUT2D eigenvalue weighted by Gasteiger charge is 2.22. The first-order valence-electron chi connectivity index (χ1n) is 5.59. The van der Waals surface area contributed by atoms with Crippen LogP contribution in [-0.4, -0.2) is 14.7 Å². The molecule has 0 saturated heterocycles. The predicted octanol–water partition coefficient (Wildman–Crippen LogP) is 2.19. The molecule has 3 rings (SSSR count). The third-order valence-electron chi connectivity index (χ3n) is 2.62. The summed E-state index contributed by atoms with van der Waals surface area (Å²) in [6.07, 6.45) is 0. The number of aromatic nitrogens is 2. The molecule has 17 heavy (non-hydrogen) atoms. The number of hydrogen-bond donors (Lipinski definition) is 2. The molecule has 2 N–H and O–H groups in total. The van der Waals surface area contributed by atoms with Crippen LogP contribution in [0.1, 0.15) is 11.3 Å². The zero-order valence-electron chi connectivity index (χ0n) is 9.55. The lowest BCUT2D eigenvalue weighted by Gasteiger charge is -2.11. The first-order chi connectivity index (χ1) is 8.31. The van der Waals surface area contributed by atoms with Gasteiger partial charge in [-0.3, -0.25) is 5.32 Å². The number of nitrogens with one attached hydrogen (secondary N) is 2. The van der Waals surface area contributed by atoms with E-state index >= 15 is 0 Å². The number of nitrogens with zero attached hydrogens (tertiary/aromatic N) is 2. The van der Waals surface area contributed by atoms with E-state index in [1.54, 1.807) is 11.9 Å². The van der Waals surface area contributed by atoms with E-state index in [0.29, 0.717) is 0 Å². The number of benzene rings is 1. The highest BCUT2D eigenvalue weighted by Crippen LogP contribution is 2.28. The highest BCUT2D eigenvalue weighted by molar-refractivity contribution is 7.98. The summed E-state index contributed by atoms with van der Waals surface area (Å²) in [5.41, 5.74) is 2.52. The minimum atomic E-state index is 0.193. The van der Waals surface area contributed by atoms with Gasteiger partial charge in [0.05, 0.1) is 5.69 Å². The standard InChI is InChI=1S/C12H14N4S/c1-9-7-11-14-12(17-16(11)15-9)13-8-10-5-3-2-4-6-10/h2-7,12-14H,8H2,1H3. The van der Waals surface area contributed by atoms with Crippen molar-refractivity contribution in [1.82, 2.24) is 14.5 Å². The van der Waals surface area contributed by atoms with E-state index in [0.717, 1.165) is 18.1 Å². The molecule has 1 unspecified atom stereocenters. The Morgan fingerprint density at radius 3 is 3.00 bits per heavy atom. The zero-order valence-corrected chi connectivity index (χ0v) is 10.4. The molecule has 1 aliphatic heterocycles. The Balaban J connectivity index is 1.57. The third-order valence-corrected chi connectivity index (χ3v) is 3.59. The van der Waals surface area contributed by atoms with Crippen LogP contribution in [0.2, 0.25) is 0 Å². The molecule has 0 bridgehead atoms. The van der Waals surface area contributed by atoms with Crippen molar-refractivity contribution in [3.05, 3.63) is 47.7 Å². The maximum Gasteiger partial charge on any atom is 0.148 e. The molecule has 1 aromatic heterocycles. The highest BCUT2D eigenvalue weighted by atomic mass is 32.2. The molecule has 5 heteroatoms. The molecule has 1 aliphatic rings. The van der Waals surface area contributed by atoms with Gasteiger partial charge in [0.2, 0.25) is 0 Å². The van der Waals surface area contributed by atoms with Gasteiger partial charge >= 0.3 is 0 Å². The fraction of sp³-hybridized carbons (Fsp3) is 0.250. The summed E-state index contributed by atoms with van der Waals surface area (Å²) in [6, 6.07) is 12.4. The van der Waals surface area contributed by atoms with Gasteiger partial charge in [-0.15, -0.1) is 0 Å². The average molecular weight is 246 g/mol. The number of anilines is 1. The monoisotopic (exact) mass is 246 g/mol. The summed E-state index contributed by atoms with van der Waals surface area (Å²) < 4.78 is 1.93. The van der Waals surface area contributed by atoms with Gasteiger partial charge in [0.25, 0.3) is 0 Å². The van der Waals surface area contributed by atoms with Crippen molar-refractivity contribution >= 4 is 17.8 Å². The zero-order chi connectivity index (χ0) is 11.7. The van der Waals surface area contributed by atoms with Crippen LogP contribution in [0.15, 0.2) is 36.4 Å². The van der Waals surface area contributed by atoms with E-state index in [1.165, 1.54) is 5.56 Å². The molecule has 0 fully saturated rings. The third kappa shape index (κ3) is 2.30. The number of hydrogen-bond acceptors (Lipinski definition) is 4. The van der Waals surface area contributed by atoms with Gasteiger partial charge in [0.1, 0.15) is 11.3 Å². The van der Waals surface area contributed by atoms with E-state index in [-0.39, 0.29) is 5.50 Å². The summed E-state index contributed by atoms with van der Waals surface area (Å²) >= 11 is 1.66. The Morgan fingerprint density at radius 1 is 1.41 bits per heavy atom. The molecule has 88 valence electrons. The Kier molecular flexibility index (Phi) is 2.78. The van der Waals surface area contributed by atoms with Crippen molar-refractivity contribution < 1.29 is 0 Å². The summed E-state index contributed by atoms with van der Waals surface area (Å²) in [5, 5.41) is 11.2. The van der Waals surface area contributed by atoms with Crippen LogP contribution < -0.4 is 10.6 Å². The fourth-order valence-electron chi connectivity index (χ4n) is 1.81.